The number of fused-ring (bicyclic) bond motifs is 1. The summed E-state index contributed by atoms with van der Waals surface area (Å²) in [7, 11) is 1.79. The number of nitrogens with one attached hydrogen (secondary N) is 2. The van der Waals surface area contributed by atoms with Crippen LogP contribution in [0, 0.1) is 5.82 Å². The number of hydrogen-bond acceptors (Lipinski definition) is 2. The molecule has 1 aromatic heterocycles. The number of hydrogen-bond donors (Lipinski definition) is 2. The lowest BCUT2D eigenvalue weighted by atomic mass is 10.1. The average molecular weight is 380 g/mol. The molecule has 2 aromatic carbocycles. The summed E-state index contributed by atoms with van der Waals surface area (Å²) < 4.78 is 19.3. The molecule has 28 heavy (non-hydrogen) atoms. The first kappa shape index (κ1) is 18.5. The molecule has 0 amide bonds. The number of ether oxygens (including phenoxy) is 1. The van der Waals surface area contributed by atoms with Crippen LogP contribution in [0.5, 0.6) is 0 Å². The lowest BCUT2D eigenvalue weighted by molar-refractivity contribution is -0.0605. The van der Waals surface area contributed by atoms with Gasteiger partial charge in [0.2, 0.25) is 0 Å². The molecule has 2 heterocycles. The van der Waals surface area contributed by atoms with E-state index >= 15 is 0 Å². The fourth-order valence-electron chi connectivity index (χ4n) is 3.72. The van der Waals surface area contributed by atoms with E-state index in [0.717, 1.165) is 29.3 Å². The van der Waals surface area contributed by atoms with E-state index in [1.807, 2.05) is 19.1 Å². The molecular weight excluding hydrogens is 355 g/mol. The predicted molar refractivity (Wildman–Crippen MR) is 110 cm³/mol. The molecule has 2 unspecified atom stereocenters. The van der Waals surface area contributed by atoms with Crippen LogP contribution in [0.1, 0.15) is 24.3 Å². The summed E-state index contributed by atoms with van der Waals surface area (Å²) >= 11 is 0. The number of H-pyrrole nitrogens is 1. The van der Waals surface area contributed by atoms with Crippen molar-refractivity contribution in [3.8, 4) is 0 Å². The number of aromatic amines is 1. The van der Waals surface area contributed by atoms with Crippen LogP contribution in [-0.2, 0) is 11.3 Å². The van der Waals surface area contributed by atoms with E-state index in [1.54, 1.807) is 19.2 Å². The standard InChI is InChI=1S/C22H25FN4O/c1-15-13-27(14-21(28-15)16-7-9-18(23)10-8-16)22(24-2)25-12-19-11-17-5-3-4-6-20(17)26-19/h3-11,15,21,26H,12-14H2,1-2H3,(H,24,25). The molecule has 4 rings (SSSR count). The smallest absolute Gasteiger partial charge is 0.194 e. The van der Waals surface area contributed by atoms with Crippen LogP contribution in [-0.4, -0.2) is 42.1 Å². The highest BCUT2D eigenvalue weighted by molar-refractivity contribution is 5.82. The van der Waals surface area contributed by atoms with Gasteiger partial charge in [-0.25, -0.2) is 4.39 Å². The zero-order valence-corrected chi connectivity index (χ0v) is 16.2. The van der Waals surface area contributed by atoms with Gasteiger partial charge in [-0.1, -0.05) is 30.3 Å². The summed E-state index contributed by atoms with van der Waals surface area (Å²) in [6.45, 7) is 4.13. The fraction of sp³-hybridized carbons (Fsp3) is 0.318. The minimum Gasteiger partial charge on any atom is -0.367 e. The minimum absolute atomic E-state index is 0.0513. The molecule has 6 heteroatoms. The molecule has 1 aliphatic rings. The molecule has 146 valence electrons. The lowest BCUT2D eigenvalue weighted by Crippen LogP contribution is -2.50. The van der Waals surface area contributed by atoms with Crippen molar-refractivity contribution >= 4 is 16.9 Å². The van der Waals surface area contributed by atoms with Crippen molar-refractivity contribution in [2.75, 3.05) is 20.1 Å². The third-order valence-corrected chi connectivity index (χ3v) is 5.04. The van der Waals surface area contributed by atoms with E-state index < -0.39 is 0 Å². The number of aliphatic imine (C=N–C) groups is 1. The van der Waals surface area contributed by atoms with Gasteiger partial charge < -0.3 is 19.9 Å². The summed E-state index contributed by atoms with van der Waals surface area (Å²) in [6, 6.07) is 16.9. The Morgan fingerprint density at radius 1 is 1.21 bits per heavy atom. The van der Waals surface area contributed by atoms with Crippen molar-refractivity contribution in [3.63, 3.8) is 0 Å². The van der Waals surface area contributed by atoms with E-state index in [9.17, 15) is 4.39 Å². The molecule has 2 atom stereocenters. The van der Waals surface area contributed by atoms with Crippen molar-refractivity contribution in [1.82, 2.24) is 15.2 Å². The fourth-order valence-corrected chi connectivity index (χ4v) is 3.72. The van der Waals surface area contributed by atoms with Crippen molar-refractivity contribution < 1.29 is 9.13 Å². The van der Waals surface area contributed by atoms with Gasteiger partial charge >= 0.3 is 0 Å². The van der Waals surface area contributed by atoms with Gasteiger partial charge in [0.1, 0.15) is 11.9 Å². The van der Waals surface area contributed by atoms with Gasteiger partial charge in [0.25, 0.3) is 0 Å². The molecule has 0 bridgehead atoms. The van der Waals surface area contributed by atoms with Crippen LogP contribution in [0.3, 0.4) is 0 Å². The first-order valence-electron chi connectivity index (χ1n) is 9.55. The van der Waals surface area contributed by atoms with Crippen LogP contribution < -0.4 is 5.32 Å². The van der Waals surface area contributed by atoms with Gasteiger partial charge in [-0.2, -0.15) is 0 Å². The number of guanidine groups is 1. The number of morpholine rings is 1. The normalized spacial score (nSPS) is 20.5. The first-order chi connectivity index (χ1) is 13.6. The van der Waals surface area contributed by atoms with Crippen LogP contribution >= 0.6 is 0 Å². The Kier molecular flexibility index (Phi) is 5.30. The molecule has 1 fully saturated rings. The van der Waals surface area contributed by atoms with E-state index in [2.05, 4.69) is 38.4 Å². The topological polar surface area (TPSA) is 52.7 Å². The summed E-state index contributed by atoms with van der Waals surface area (Å²) in [5.74, 6) is 0.598. The van der Waals surface area contributed by atoms with E-state index in [1.165, 1.54) is 17.5 Å². The zero-order valence-electron chi connectivity index (χ0n) is 16.2. The molecule has 0 aliphatic carbocycles. The molecule has 5 nitrogen and oxygen atoms in total. The van der Waals surface area contributed by atoms with Gasteiger partial charge in [0.15, 0.2) is 5.96 Å². The van der Waals surface area contributed by atoms with Gasteiger partial charge in [-0.05, 0) is 42.1 Å². The third kappa shape index (κ3) is 4.02. The second kappa shape index (κ2) is 8.02. The summed E-state index contributed by atoms with van der Waals surface area (Å²) in [6.07, 6.45) is -0.0635. The second-order valence-electron chi connectivity index (χ2n) is 7.17. The van der Waals surface area contributed by atoms with Crippen LogP contribution in [0.4, 0.5) is 4.39 Å². The number of aromatic nitrogens is 1. The predicted octanol–water partition coefficient (Wildman–Crippen LogP) is 3.84. The Hall–Kier alpha value is -2.86. The van der Waals surface area contributed by atoms with Gasteiger partial charge in [-0.3, -0.25) is 4.99 Å². The van der Waals surface area contributed by atoms with E-state index in [-0.39, 0.29) is 18.0 Å². The Bertz CT molecular complexity index is 933. The molecule has 1 aliphatic heterocycles. The molecule has 2 N–H and O–H groups in total. The first-order valence-corrected chi connectivity index (χ1v) is 9.55. The number of para-hydroxylation sites is 1. The quantitative estimate of drug-likeness (QED) is 0.536. The number of halogens is 1. The highest BCUT2D eigenvalue weighted by atomic mass is 19.1. The molecular formula is C22H25FN4O. The Morgan fingerprint density at radius 2 is 2.00 bits per heavy atom. The maximum Gasteiger partial charge on any atom is 0.194 e. The molecule has 1 saturated heterocycles. The second-order valence-corrected chi connectivity index (χ2v) is 7.17. The molecule has 0 spiro atoms. The third-order valence-electron chi connectivity index (χ3n) is 5.04. The SMILES string of the molecule is CN=C(NCc1cc2ccccc2[nH]1)N1CC(C)OC(c2ccc(F)cc2)C1. The summed E-state index contributed by atoms with van der Waals surface area (Å²) in [5.41, 5.74) is 3.22. The Morgan fingerprint density at radius 3 is 2.75 bits per heavy atom. The highest BCUT2D eigenvalue weighted by Crippen LogP contribution is 2.25. The Labute approximate surface area is 164 Å². The van der Waals surface area contributed by atoms with Crippen molar-refractivity contribution in [2.45, 2.75) is 25.7 Å². The summed E-state index contributed by atoms with van der Waals surface area (Å²) in [5, 5.41) is 4.65. The lowest BCUT2D eigenvalue weighted by Gasteiger charge is -2.38. The highest BCUT2D eigenvalue weighted by Gasteiger charge is 2.28. The van der Waals surface area contributed by atoms with Crippen molar-refractivity contribution in [3.05, 3.63) is 71.7 Å². The van der Waals surface area contributed by atoms with E-state index in [4.69, 9.17) is 4.74 Å². The average Bonchev–Trinajstić information content (AvgIpc) is 3.11. The minimum atomic E-state index is -0.236. The van der Waals surface area contributed by atoms with Gasteiger partial charge in [0, 0.05) is 24.8 Å². The van der Waals surface area contributed by atoms with Gasteiger partial charge in [0.05, 0.1) is 19.2 Å². The van der Waals surface area contributed by atoms with Crippen LogP contribution in [0.25, 0.3) is 10.9 Å². The molecule has 0 saturated carbocycles. The Balaban J connectivity index is 1.45. The van der Waals surface area contributed by atoms with Crippen LogP contribution in [0.2, 0.25) is 0 Å². The maximum absolute atomic E-state index is 13.2. The maximum atomic E-state index is 13.2. The zero-order chi connectivity index (χ0) is 19.5. The van der Waals surface area contributed by atoms with Crippen molar-refractivity contribution in [2.24, 2.45) is 4.99 Å². The van der Waals surface area contributed by atoms with Gasteiger partial charge in [-0.15, -0.1) is 0 Å². The van der Waals surface area contributed by atoms with Crippen LogP contribution in [0.15, 0.2) is 59.6 Å². The number of nitrogens with zero attached hydrogens (tertiary/aromatic N) is 2. The molecule has 0 radical (unpaired) electrons. The number of rotatable bonds is 3. The largest absolute Gasteiger partial charge is 0.367 e. The molecule has 3 aromatic rings. The monoisotopic (exact) mass is 380 g/mol. The number of benzene rings is 2. The summed E-state index contributed by atoms with van der Waals surface area (Å²) in [4.78, 5) is 10.1. The van der Waals surface area contributed by atoms with E-state index in [0.29, 0.717) is 13.1 Å². The van der Waals surface area contributed by atoms with Crippen molar-refractivity contribution in [1.29, 1.82) is 0 Å².